The molecule has 3 rings (SSSR count). The first-order valence-corrected chi connectivity index (χ1v) is 8.67. The Balaban J connectivity index is 1.65. The molecule has 27 heavy (non-hydrogen) atoms. The first-order chi connectivity index (χ1) is 13.0. The van der Waals surface area contributed by atoms with Crippen LogP contribution in [0.15, 0.2) is 42.5 Å². The second-order valence-electron chi connectivity index (χ2n) is 6.38. The van der Waals surface area contributed by atoms with Gasteiger partial charge in [-0.25, -0.2) is 4.79 Å². The Kier molecular flexibility index (Phi) is 5.49. The van der Waals surface area contributed by atoms with E-state index < -0.39 is 12.1 Å². The van der Waals surface area contributed by atoms with E-state index in [0.717, 1.165) is 11.3 Å². The fourth-order valence-electron chi connectivity index (χ4n) is 3.09. The summed E-state index contributed by atoms with van der Waals surface area (Å²) < 4.78 is 10.6. The number of ether oxygens (including phenoxy) is 2. The minimum absolute atomic E-state index is 0.134. The third-order valence-corrected chi connectivity index (χ3v) is 4.65. The number of carboxylic acids is 1. The van der Waals surface area contributed by atoms with Gasteiger partial charge >= 0.3 is 12.1 Å². The second kappa shape index (κ2) is 7.99. The zero-order chi connectivity index (χ0) is 19.4. The fourth-order valence-corrected chi connectivity index (χ4v) is 3.09. The van der Waals surface area contributed by atoms with E-state index in [4.69, 9.17) is 14.6 Å². The average Bonchev–Trinajstić information content (AvgIpc) is 3.08. The molecule has 1 atom stereocenters. The molecule has 0 aliphatic carbocycles. The van der Waals surface area contributed by atoms with Gasteiger partial charge in [-0.05, 0) is 42.3 Å². The van der Waals surface area contributed by atoms with E-state index in [2.05, 4.69) is 5.32 Å². The maximum Gasteiger partial charge on any atom is 0.419 e. The molecule has 1 unspecified atom stereocenters. The summed E-state index contributed by atoms with van der Waals surface area (Å²) in [6.07, 6.45) is 0.213. The fraction of sp³-hybridized carbons (Fsp3) is 0.300. The van der Waals surface area contributed by atoms with Crippen LogP contribution in [0, 0.1) is 0 Å². The number of carbonyl (C=O) groups excluding carboxylic acids is 1. The molecule has 0 saturated heterocycles. The Bertz CT molecular complexity index is 835. The van der Waals surface area contributed by atoms with Crippen molar-refractivity contribution >= 4 is 23.4 Å². The van der Waals surface area contributed by atoms with Gasteiger partial charge in [0.15, 0.2) is 0 Å². The van der Waals surface area contributed by atoms with Crippen LogP contribution in [-0.4, -0.2) is 37.9 Å². The van der Waals surface area contributed by atoms with Crippen LogP contribution in [0.3, 0.4) is 0 Å². The molecule has 0 bridgehead atoms. The largest absolute Gasteiger partial charge is 0.497 e. The van der Waals surface area contributed by atoms with Gasteiger partial charge in [0.2, 0.25) is 0 Å². The van der Waals surface area contributed by atoms with Gasteiger partial charge in [-0.1, -0.05) is 6.07 Å². The predicted molar refractivity (Wildman–Crippen MR) is 102 cm³/mol. The molecule has 0 spiro atoms. The van der Waals surface area contributed by atoms with Crippen molar-refractivity contribution in [1.29, 1.82) is 0 Å². The average molecular weight is 370 g/mol. The topological polar surface area (TPSA) is 88.1 Å². The molecule has 1 heterocycles. The number of carboxylic acid groups (broad SMARTS) is 1. The van der Waals surface area contributed by atoms with Crippen LogP contribution in [0.4, 0.5) is 16.2 Å². The summed E-state index contributed by atoms with van der Waals surface area (Å²) in [6.45, 7) is 0.686. The summed E-state index contributed by atoms with van der Waals surface area (Å²) in [7, 11) is 3.22. The van der Waals surface area contributed by atoms with Crippen LogP contribution in [-0.2, 0) is 4.79 Å². The van der Waals surface area contributed by atoms with E-state index in [9.17, 15) is 9.59 Å². The molecule has 7 heteroatoms. The number of rotatable bonds is 6. The van der Waals surface area contributed by atoms with Gasteiger partial charge in [-0.3, -0.25) is 9.69 Å². The highest BCUT2D eigenvalue weighted by Gasteiger charge is 2.24. The number of nitrogens with zero attached hydrogens (tertiary/aromatic N) is 1. The number of aliphatic carboxylic acids is 1. The second-order valence-corrected chi connectivity index (χ2v) is 6.38. The number of fused-ring (bicyclic) bond motifs is 1. The monoisotopic (exact) mass is 370 g/mol. The van der Waals surface area contributed by atoms with Gasteiger partial charge < -0.3 is 19.9 Å². The molecule has 0 aromatic heterocycles. The molecule has 1 aliphatic heterocycles. The van der Waals surface area contributed by atoms with Crippen LogP contribution < -0.4 is 19.7 Å². The van der Waals surface area contributed by atoms with Gasteiger partial charge in [-0.2, -0.15) is 0 Å². The Morgan fingerprint density at radius 1 is 1.19 bits per heavy atom. The zero-order valence-corrected chi connectivity index (χ0v) is 15.3. The summed E-state index contributed by atoms with van der Waals surface area (Å²) in [4.78, 5) is 24.6. The zero-order valence-electron chi connectivity index (χ0n) is 15.3. The standard InChI is InChI=1S/C20H22N2O5/c1-22(14-4-6-15(26-2)7-5-14)20(25)27-16-8-9-17-13(3-10-19(23)24)12-21-18(17)11-16/h4-9,11,13,21H,3,10,12H2,1-2H3,(H,23,24). The number of hydrogen-bond acceptors (Lipinski definition) is 5. The number of carbonyl (C=O) groups is 2. The number of benzene rings is 2. The summed E-state index contributed by atoms with van der Waals surface area (Å²) in [5.74, 6) is 0.506. The summed E-state index contributed by atoms with van der Waals surface area (Å²) in [5, 5.41) is 12.1. The van der Waals surface area contributed by atoms with Crippen LogP contribution in [0.25, 0.3) is 0 Å². The van der Waals surface area contributed by atoms with E-state index in [-0.39, 0.29) is 12.3 Å². The van der Waals surface area contributed by atoms with Gasteiger partial charge in [0, 0.05) is 43.4 Å². The smallest absolute Gasteiger partial charge is 0.419 e. The lowest BCUT2D eigenvalue weighted by atomic mass is 9.96. The van der Waals surface area contributed by atoms with Crippen LogP contribution >= 0.6 is 0 Å². The lowest BCUT2D eigenvalue weighted by Gasteiger charge is -2.17. The molecule has 2 N–H and O–H groups in total. The maximum absolute atomic E-state index is 12.4. The molecular formula is C20H22N2O5. The molecular weight excluding hydrogens is 348 g/mol. The lowest BCUT2D eigenvalue weighted by Crippen LogP contribution is -2.29. The van der Waals surface area contributed by atoms with Crippen LogP contribution in [0.5, 0.6) is 11.5 Å². The van der Waals surface area contributed by atoms with Crippen molar-refractivity contribution in [2.75, 3.05) is 30.9 Å². The predicted octanol–water partition coefficient (Wildman–Crippen LogP) is 3.70. The summed E-state index contributed by atoms with van der Waals surface area (Å²) >= 11 is 0. The highest BCUT2D eigenvalue weighted by atomic mass is 16.6. The number of anilines is 2. The number of hydrogen-bond donors (Lipinski definition) is 2. The minimum Gasteiger partial charge on any atom is -0.497 e. The van der Waals surface area contributed by atoms with Crippen molar-refractivity contribution in [1.82, 2.24) is 0 Å². The quantitative estimate of drug-likeness (QED) is 0.806. The summed E-state index contributed by atoms with van der Waals surface area (Å²) in [5.41, 5.74) is 2.62. The highest BCUT2D eigenvalue weighted by Crippen LogP contribution is 2.36. The molecule has 0 radical (unpaired) electrons. The Morgan fingerprint density at radius 2 is 1.89 bits per heavy atom. The van der Waals surface area contributed by atoms with Crippen molar-refractivity contribution < 1.29 is 24.2 Å². The van der Waals surface area contributed by atoms with Gasteiger partial charge in [0.05, 0.1) is 7.11 Å². The molecule has 1 aliphatic rings. The van der Waals surface area contributed by atoms with E-state index in [1.807, 2.05) is 6.07 Å². The molecule has 1 amide bonds. The van der Waals surface area contributed by atoms with Crippen molar-refractivity contribution in [2.24, 2.45) is 0 Å². The molecule has 142 valence electrons. The van der Waals surface area contributed by atoms with Gasteiger partial charge in [0.1, 0.15) is 11.5 Å². The van der Waals surface area contributed by atoms with Crippen molar-refractivity contribution in [3.8, 4) is 11.5 Å². The first kappa shape index (κ1) is 18.6. The van der Waals surface area contributed by atoms with E-state index in [1.54, 1.807) is 50.6 Å². The van der Waals surface area contributed by atoms with E-state index in [0.29, 0.717) is 30.2 Å². The number of methoxy groups -OCH3 is 1. The Hall–Kier alpha value is -3.22. The molecule has 7 nitrogen and oxygen atoms in total. The van der Waals surface area contributed by atoms with Crippen molar-refractivity contribution in [2.45, 2.75) is 18.8 Å². The van der Waals surface area contributed by atoms with Crippen molar-refractivity contribution in [3.05, 3.63) is 48.0 Å². The molecule has 2 aromatic rings. The lowest BCUT2D eigenvalue weighted by molar-refractivity contribution is -0.137. The SMILES string of the molecule is COc1ccc(N(C)C(=O)Oc2ccc3c(c2)NCC3CCC(=O)O)cc1. The van der Waals surface area contributed by atoms with Gasteiger partial charge in [0.25, 0.3) is 0 Å². The minimum atomic E-state index is -0.796. The maximum atomic E-state index is 12.4. The normalized spacial score (nSPS) is 14.8. The van der Waals surface area contributed by atoms with Crippen molar-refractivity contribution in [3.63, 3.8) is 0 Å². The van der Waals surface area contributed by atoms with Crippen LogP contribution in [0.1, 0.15) is 24.3 Å². The highest BCUT2D eigenvalue weighted by molar-refractivity contribution is 5.88. The third kappa shape index (κ3) is 4.31. The van der Waals surface area contributed by atoms with Crippen LogP contribution in [0.2, 0.25) is 0 Å². The Morgan fingerprint density at radius 3 is 2.56 bits per heavy atom. The number of nitrogens with one attached hydrogen (secondary N) is 1. The first-order valence-electron chi connectivity index (χ1n) is 8.67. The molecule has 0 saturated carbocycles. The van der Waals surface area contributed by atoms with E-state index >= 15 is 0 Å². The molecule has 0 fully saturated rings. The molecule has 2 aromatic carbocycles. The summed E-state index contributed by atoms with van der Waals surface area (Å²) in [6, 6.07) is 12.5. The van der Waals surface area contributed by atoms with Gasteiger partial charge in [-0.15, -0.1) is 0 Å². The third-order valence-electron chi connectivity index (χ3n) is 4.65. The Labute approximate surface area is 157 Å². The van der Waals surface area contributed by atoms with E-state index in [1.165, 1.54) is 4.90 Å². The number of amides is 1.